The molecule has 1 N–H and O–H groups in total. The van der Waals surface area contributed by atoms with E-state index < -0.39 is 0 Å². The molecule has 3 heteroatoms. The van der Waals surface area contributed by atoms with Crippen LogP contribution in [0.3, 0.4) is 0 Å². The van der Waals surface area contributed by atoms with Gasteiger partial charge in [0.05, 0.1) is 3.79 Å². The number of hydrogen-bond donors (Lipinski definition) is 1. The van der Waals surface area contributed by atoms with Gasteiger partial charge < -0.3 is 5.32 Å². The lowest BCUT2D eigenvalue weighted by molar-refractivity contribution is 0.280. The predicted molar refractivity (Wildman–Crippen MR) is 81.7 cm³/mol. The van der Waals surface area contributed by atoms with Gasteiger partial charge in [-0.15, -0.1) is 11.3 Å². The van der Waals surface area contributed by atoms with Crippen molar-refractivity contribution in [3.05, 3.63) is 20.8 Å². The molecule has 0 bridgehead atoms. The fourth-order valence-electron chi connectivity index (χ4n) is 2.42. The number of rotatable bonds is 5. The maximum absolute atomic E-state index is 3.54. The molecule has 0 aromatic carbocycles. The molecular formula is C14H24BrNS. The Labute approximate surface area is 118 Å². The Hall–Kier alpha value is 0.140. The van der Waals surface area contributed by atoms with Crippen LogP contribution in [-0.2, 0) is 0 Å². The number of thiophene rings is 1. The van der Waals surface area contributed by atoms with Gasteiger partial charge in [-0.2, -0.15) is 0 Å². The highest BCUT2D eigenvalue weighted by molar-refractivity contribution is 9.11. The topological polar surface area (TPSA) is 12.0 Å². The van der Waals surface area contributed by atoms with Crippen molar-refractivity contribution in [3.8, 4) is 0 Å². The summed E-state index contributed by atoms with van der Waals surface area (Å²) in [6, 6.07) is 4.85. The average Bonchev–Trinajstić information content (AvgIpc) is 2.58. The summed E-state index contributed by atoms with van der Waals surface area (Å²) in [7, 11) is 2.06. The summed E-state index contributed by atoms with van der Waals surface area (Å²) in [5, 5.41) is 3.44. The van der Waals surface area contributed by atoms with E-state index in [0.717, 1.165) is 5.92 Å². The standard InChI is InChI=1S/C14H24BrNS/c1-10(9-14(2,3)4)8-11(16-5)12-6-7-13(15)17-12/h6-7,10-11,16H,8-9H2,1-5H3. The second kappa shape index (κ2) is 6.35. The van der Waals surface area contributed by atoms with Crippen LogP contribution < -0.4 is 5.32 Å². The highest BCUT2D eigenvalue weighted by Crippen LogP contribution is 2.34. The summed E-state index contributed by atoms with van der Waals surface area (Å²) in [5.74, 6) is 0.744. The molecule has 17 heavy (non-hydrogen) atoms. The quantitative estimate of drug-likeness (QED) is 0.783. The van der Waals surface area contributed by atoms with Crippen LogP contribution in [0.25, 0.3) is 0 Å². The van der Waals surface area contributed by atoms with E-state index in [-0.39, 0.29) is 0 Å². The first-order chi connectivity index (χ1) is 7.81. The van der Waals surface area contributed by atoms with E-state index in [2.05, 4.69) is 68.1 Å². The van der Waals surface area contributed by atoms with Gasteiger partial charge in [-0.3, -0.25) is 0 Å². The Balaban J connectivity index is 2.58. The zero-order valence-electron chi connectivity index (χ0n) is 11.5. The number of halogens is 1. The summed E-state index contributed by atoms with van der Waals surface area (Å²) >= 11 is 5.37. The molecule has 1 rings (SSSR count). The maximum atomic E-state index is 3.54. The van der Waals surface area contributed by atoms with Crippen LogP contribution >= 0.6 is 27.3 Å². The van der Waals surface area contributed by atoms with Gasteiger partial charge in [0.15, 0.2) is 0 Å². The molecule has 0 fully saturated rings. The molecule has 0 spiro atoms. The first kappa shape index (κ1) is 15.2. The summed E-state index contributed by atoms with van der Waals surface area (Å²) < 4.78 is 1.22. The van der Waals surface area contributed by atoms with Gasteiger partial charge in [-0.25, -0.2) is 0 Å². The summed E-state index contributed by atoms with van der Waals surface area (Å²) in [6.45, 7) is 9.32. The van der Waals surface area contributed by atoms with Crippen molar-refractivity contribution < 1.29 is 0 Å². The van der Waals surface area contributed by atoms with Crippen LogP contribution in [0.15, 0.2) is 15.9 Å². The van der Waals surface area contributed by atoms with Gasteiger partial charge in [-0.1, -0.05) is 27.7 Å². The molecule has 2 unspecified atom stereocenters. The predicted octanol–water partition coefficient (Wildman–Crippen LogP) is 5.23. The fraction of sp³-hybridized carbons (Fsp3) is 0.714. The summed E-state index contributed by atoms with van der Waals surface area (Å²) in [5.41, 5.74) is 0.424. The van der Waals surface area contributed by atoms with Crippen LogP contribution in [0.2, 0.25) is 0 Å². The van der Waals surface area contributed by atoms with Crippen molar-refractivity contribution in [2.75, 3.05) is 7.05 Å². The second-order valence-corrected chi connectivity index (χ2v) is 8.58. The monoisotopic (exact) mass is 317 g/mol. The summed E-state index contributed by atoms with van der Waals surface area (Å²) in [6.07, 6.45) is 2.48. The Morgan fingerprint density at radius 2 is 2.00 bits per heavy atom. The minimum Gasteiger partial charge on any atom is -0.312 e. The first-order valence-corrected chi connectivity index (χ1v) is 7.85. The lowest BCUT2D eigenvalue weighted by Gasteiger charge is -2.26. The minimum absolute atomic E-state index is 0.424. The molecule has 0 aliphatic carbocycles. The van der Waals surface area contributed by atoms with E-state index in [4.69, 9.17) is 0 Å². The van der Waals surface area contributed by atoms with E-state index in [1.165, 1.54) is 21.5 Å². The van der Waals surface area contributed by atoms with E-state index in [0.29, 0.717) is 11.5 Å². The van der Waals surface area contributed by atoms with Crippen molar-refractivity contribution in [2.45, 2.75) is 46.6 Å². The second-order valence-electron chi connectivity index (χ2n) is 6.09. The van der Waals surface area contributed by atoms with Crippen molar-refractivity contribution >= 4 is 27.3 Å². The largest absolute Gasteiger partial charge is 0.312 e. The van der Waals surface area contributed by atoms with Crippen molar-refractivity contribution in [1.29, 1.82) is 0 Å². The van der Waals surface area contributed by atoms with Gasteiger partial charge in [0, 0.05) is 10.9 Å². The Morgan fingerprint density at radius 1 is 1.35 bits per heavy atom. The van der Waals surface area contributed by atoms with Crippen LogP contribution in [0.4, 0.5) is 0 Å². The van der Waals surface area contributed by atoms with Crippen LogP contribution in [0.1, 0.15) is 51.5 Å². The number of hydrogen-bond acceptors (Lipinski definition) is 2. The lowest BCUT2D eigenvalue weighted by Crippen LogP contribution is -2.20. The highest BCUT2D eigenvalue weighted by Gasteiger charge is 2.20. The van der Waals surface area contributed by atoms with Crippen molar-refractivity contribution in [2.24, 2.45) is 11.3 Å². The highest BCUT2D eigenvalue weighted by atomic mass is 79.9. The molecule has 0 aliphatic heterocycles. The van der Waals surface area contributed by atoms with Gasteiger partial charge in [0.25, 0.3) is 0 Å². The number of nitrogens with one attached hydrogen (secondary N) is 1. The van der Waals surface area contributed by atoms with Gasteiger partial charge >= 0.3 is 0 Å². The molecule has 1 aromatic heterocycles. The molecule has 0 saturated carbocycles. The fourth-order valence-corrected chi connectivity index (χ4v) is 3.97. The molecule has 0 amide bonds. The molecule has 0 aliphatic rings. The molecule has 1 aromatic rings. The summed E-state index contributed by atoms with van der Waals surface area (Å²) in [4.78, 5) is 1.43. The Morgan fingerprint density at radius 3 is 2.41 bits per heavy atom. The van der Waals surface area contributed by atoms with Crippen LogP contribution in [-0.4, -0.2) is 7.05 Å². The molecule has 1 heterocycles. The van der Waals surface area contributed by atoms with Crippen LogP contribution in [0.5, 0.6) is 0 Å². The molecule has 2 atom stereocenters. The van der Waals surface area contributed by atoms with Crippen molar-refractivity contribution in [1.82, 2.24) is 5.32 Å². The smallest absolute Gasteiger partial charge is 0.0701 e. The third-order valence-corrected chi connectivity index (χ3v) is 4.62. The zero-order chi connectivity index (χ0) is 13.1. The SMILES string of the molecule is CNC(CC(C)CC(C)(C)C)c1ccc(Br)s1. The van der Waals surface area contributed by atoms with E-state index in [9.17, 15) is 0 Å². The molecule has 0 saturated heterocycles. The van der Waals surface area contributed by atoms with Gasteiger partial charge in [-0.05, 0) is 59.3 Å². The third-order valence-electron chi connectivity index (χ3n) is 2.88. The third kappa shape index (κ3) is 5.54. The molecule has 98 valence electrons. The maximum Gasteiger partial charge on any atom is 0.0701 e. The Bertz CT molecular complexity index is 340. The first-order valence-electron chi connectivity index (χ1n) is 6.24. The zero-order valence-corrected chi connectivity index (χ0v) is 13.9. The van der Waals surface area contributed by atoms with Gasteiger partial charge in [0.1, 0.15) is 0 Å². The van der Waals surface area contributed by atoms with E-state index in [1.807, 2.05) is 11.3 Å². The van der Waals surface area contributed by atoms with Crippen LogP contribution in [0, 0.1) is 11.3 Å². The van der Waals surface area contributed by atoms with Crippen molar-refractivity contribution in [3.63, 3.8) is 0 Å². The lowest BCUT2D eigenvalue weighted by atomic mass is 9.83. The van der Waals surface area contributed by atoms with Gasteiger partial charge in [0.2, 0.25) is 0 Å². The average molecular weight is 318 g/mol. The normalized spacial score (nSPS) is 15.9. The minimum atomic E-state index is 0.424. The Kier molecular flexibility index (Phi) is 5.68. The van der Waals surface area contributed by atoms with E-state index >= 15 is 0 Å². The van der Waals surface area contributed by atoms with E-state index in [1.54, 1.807) is 0 Å². The molecule has 1 nitrogen and oxygen atoms in total. The molecule has 0 radical (unpaired) electrons. The molecular weight excluding hydrogens is 294 g/mol.